The quantitative estimate of drug-likeness (QED) is 0.783. The number of carbonyl (C=O) groups is 2. The van der Waals surface area contributed by atoms with Gasteiger partial charge in [0.1, 0.15) is 6.54 Å². The van der Waals surface area contributed by atoms with Gasteiger partial charge >= 0.3 is 0 Å². The lowest BCUT2D eigenvalue weighted by atomic mass is 10.1. The fraction of sp³-hybridized carbons (Fsp3) is 0.417. The molecule has 0 unspecified atom stereocenters. The lowest BCUT2D eigenvalue weighted by Gasteiger charge is -2.37. The van der Waals surface area contributed by atoms with Crippen LogP contribution in [0.5, 0.6) is 0 Å². The smallest absolute Gasteiger partial charge is 0.242 e. The molecule has 1 saturated heterocycles. The standard InChI is InChI=1S/C24H31N3O2/c1-18-7-5-9-22(15-18)16-27(21(4)28)17-24(29)26-13-11-25(12-14-26)23-10-6-8-19(2)20(23)3/h5-10,15H,11-14,16-17H2,1-4H3. The van der Waals surface area contributed by atoms with Crippen LogP contribution in [-0.4, -0.2) is 54.3 Å². The third kappa shape index (κ3) is 5.17. The maximum Gasteiger partial charge on any atom is 0.242 e. The van der Waals surface area contributed by atoms with Crippen molar-refractivity contribution in [1.29, 1.82) is 0 Å². The summed E-state index contributed by atoms with van der Waals surface area (Å²) >= 11 is 0. The first-order valence-corrected chi connectivity index (χ1v) is 10.2. The van der Waals surface area contributed by atoms with Crippen molar-refractivity contribution < 1.29 is 9.59 Å². The predicted molar refractivity (Wildman–Crippen MR) is 117 cm³/mol. The molecule has 5 heteroatoms. The van der Waals surface area contributed by atoms with Crippen molar-refractivity contribution in [2.24, 2.45) is 0 Å². The largest absolute Gasteiger partial charge is 0.368 e. The molecule has 0 radical (unpaired) electrons. The summed E-state index contributed by atoms with van der Waals surface area (Å²) in [7, 11) is 0. The maximum atomic E-state index is 12.8. The van der Waals surface area contributed by atoms with Crippen molar-refractivity contribution in [1.82, 2.24) is 9.80 Å². The molecule has 29 heavy (non-hydrogen) atoms. The summed E-state index contributed by atoms with van der Waals surface area (Å²) in [6, 6.07) is 14.4. The van der Waals surface area contributed by atoms with Gasteiger partial charge in [0, 0.05) is 45.3 Å². The molecule has 0 atom stereocenters. The lowest BCUT2D eigenvalue weighted by Crippen LogP contribution is -2.51. The number of hydrogen-bond donors (Lipinski definition) is 0. The van der Waals surface area contributed by atoms with Crippen molar-refractivity contribution in [2.45, 2.75) is 34.2 Å². The van der Waals surface area contributed by atoms with Gasteiger partial charge in [0.15, 0.2) is 0 Å². The van der Waals surface area contributed by atoms with Gasteiger partial charge in [-0.15, -0.1) is 0 Å². The summed E-state index contributed by atoms with van der Waals surface area (Å²) in [4.78, 5) is 30.8. The number of aryl methyl sites for hydroxylation is 2. The van der Waals surface area contributed by atoms with Crippen LogP contribution in [0.1, 0.15) is 29.2 Å². The van der Waals surface area contributed by atoms with Gasteiger partial charge in [0.05, 0.1) is 0 Å². The van der Waals surface area contributed by atoms with Crippen LogP contribution in [0.3, 0.4) is 0 Å². The first kappa shape index (κ1) is 20.9. The molecule has 0 aromatic heterocycles. The summed E-state index contributed by atoms with van der Waals surface area (Å²) < 4.78 is 0. The van der Waals surface area contributed by atoms with E-state index in [1.807, 2.05) is 30.0 Å². The second-order valence-electron chi connectivity index (χ2n) is 7.95. The molecule has 2 aromatic rings. The van der Waals surface area contributed by atoms with E-state index in [0.717, 1.165) is 24.2 Å². The van der Waals surface area contributed by atoms with E-state index in [1.165, 1.54) is 23.7 Å². The topological polar surface area (TPSA) is 43.9 Å². The third-order valence-corrected chi connectivity index (χ3v) is 5.78. The Kier molecular flexibility index (Phi) is 6.57. The van der Waals surface area contributed by atoms with Crippen LogP contribution in [0.2, 0.25) is 0 Å². The highest BCUT2D eigenvalue weighted by Gasteiger charge is 2.24. The normalized spacial score (nSPS) is 14.1. The van der Waals surface area contributed by atoms with Crippen molar-refractivity contribution >= 4 is 17.5 Å². The summed E-state index contributed by atoms with van der Waals surface area (Å²) in [5.74, 6) is -0.0534. The molecule has 2 amide bonds. The average Bonchev–Trinajstić information content (AvgIpc) is 2.69. The molecular weight excluding hydrogens is 362 g/mol. The SMILES string of the molecule is CC(=O)N(CC(=O)N1CCN(c2cccc(C)c2C)CC1)Cc1cccc(C)c1. The molecule has 3 rings (SSSR count). The average molecular weight is 394 g/mol. The van der Waals surface area contributed by atoms with E-state index in [4.69, 9.17) is 0 Å². The van der Waals surface area contributed by atoms with Crippen LogP contribution in [0.4, 0.5) is 5.69 Å². The zero-order chi connectivity index (χ0) is 21.0. The van der Waals surface area contributed by atoms with E-state index in [2.05, 4.69) is 43.0 Å². The number of nitrogens with zero attached hydrogens (tertiary/aromatic N) is 3. The van der Waals surface area contributed by atoms with Gasteiger partial charge in [0.2, 0.25) is 11.8 Å². The Labute approximate surface area is 173 Å². The number of hydrogen-bond acceptors (Lipinski definition) is 3. The van der Waals surface area contributed by atoms with E-state index in [1.54, 1.807) is 4.90 Å². The molecule has 0 saturated carbocycles. The first-order valence-electron chi connectivity index (χ1n) is 10.2. The number of amides is 2. The van der Waals surface area contributed by atoms with Crippen LogP contribution >= 0.6 is 0 Å². The van der Waals surface area contributed by atoms with E-state index < -0.39 is 0 Å². The monoisotopic (exact) mass is 393 g/mol. The van der Waals surface area contributed by atoms with Crippen molar-refractivity contribution in [3.8, 4) is 0 Å². The van der Waals surface area contributed by atoms with Gasteiger partial charge in [-0.3, -0.25) is 9.59 Å². The van der Waals surface area contributed by atoms with Crippen molar-refractivity contribution in [2.75, 3.05) is 37.6 Å². The van der Waals surface area contributed by atoms with E-state index >= 15 is 0 Å². The molecule has 154 valence electrons. The molecule has 5 nitrogen and oxygen atoms in total. The number of anilines is 1. The molecule has 0 aliphatic carbocycles. The minimum Gasteiger partial charge on any atom is -0.368 e. The Bertz CT molecular complexity index is 885. The van der Waals surface area contributed by atoms with Gasteiger partial charge in [-0.2, -0.15) is 0 Å². The number of benzene rings is 2. The van der Waals surface area contributed by atoms with Crippen LogP contribution in [0.15, 0.2) is 42.5 Å². The summed E-state index contributed by atoms with van der Waals surface area (Å²) in [5.41, 5.74) is 6.04. The van der Waals surface area contributed by atoms with Gasteiger partial charge in [-0.1, -0.05) is 42.0 Å². The second-order valence-corrected chi connectivity index (χ2v) is 7.95. The Morgan fingerprint density at radius 2 is 1.66 bits per heavy atom. The summed E-state index contributed by atoms with van der Waals surface area (Å²) in [6.45, 7) is 11.4. The highest BCUT2D eigenvalue weighted by Crippen LogP contribution is 2.24. The first-order chi connectivity index (χ1) is 13.8. The molecule has 0 bridgehead atoms. The van der Waals surface area contributed by atoms with Crippen molar-refractivity contribution in [3.05, 3.63) is 64.7 Å². The summed E-state index contributed by atoms with van der Waals surface area (Å²) in [5, 5.41) is 0. The maximum absolute atomic E-state index is 12.8. The second kappa shape index (κ2) is 9.12. The van der Waals surface area contributed by atoms with E-state index in [0.29, 0.717) is 19.6 Å². The third-order valence-electron chi connectivity index (χ3n) is 5.78. The van der Waals surface area contributed by atoms with E-state index in [9.17, 15) is 9.59 Å². The minimum atomic E-state index is -0.0751. The Balaban J connectivity index is 1.59. The summed E-state index contributed by atoms with van der Waals surface area (Å²) in [6.07, 6.45) is 0. The van der Waals surface area contributed by atoms with Crippen LogP contribution in [-0.2, 0) is 16.1 Å². The van der Waals surface area contributed by atoms with Crippen LogP contribution < -0.4 is 4.90 Å². The zero-order valence-electron chi connectivity index (χ0n) is 17.9. The van der Waals surface area contributed by atoms with Crippen molar-refractivity contribution in [3.63, 3.8) is 0 Å². The molecule has 1 aliphatic rings. The van der Waals surface area contributed by atoms with Crippen LogP contribution in [0.25, 0.3) is 0 Å². The minimum absolute atomic E-state index is 0.0217. The Morgan fingerprint density at radius 1 is 0.966 bits per heavy atom. The highest BCUT2D eigenvalue weighted by atomic mass is 16.2. The van der Waals surface area contributed by atoms with E-state index in [-0.39, 0.29) is 18.4 Å². The molecule has 1 aliphatic heterocycles. The molecule has 1 fully saturated rings. The predicted octanol–water partition coefficient (Wildman–Crippen LogP) is 3.31. The molecule has 0 spiro atoms. The highest BCUT2D eigenvalue weighted by molar-refractivity contribution is 5.84. The molecule has 1 heterocycles. The number of carbonyl (C=O) groups excluding carboxylic acids is 2. The Hall–Kier alpha value is -2.82. The van der Waals surface area contributed by atoms with Gasteiger partial charge in [-0.05, 0) is 43.5 Å². The molecule has 2 aromatic carbocycles. The molecule has 0 N–H and O–H groups in total. The number of piperazine rings is 1. The molecular formula is C24H31N3O2. The number of rotatable bonds is 5. The van der Waals surface area contributed by atoms with Gasteiger partial charge in [0.25, 0.3) is 0 Å². The van der Waals surface area contributed by atoms with Gasteiger partial charge < -0.3 is 14.7 Å². The fourth-order valence-electron chi connectivity index (χ4n) is 3.85. The lowest BCUT2D eigenvalue weighted by molar-refractivity contribution is -0.140. The van der Waals surface area contributed by atoms with Gasteiger partial charge in [-0.25, -0.2) is 0 Å². The van der Waals surface area contributed by atoms with Crippen LogP contribution in [0, 0.1) is 20.8 Å². The Morgan fingerprint density at radius 3 is 2.31 bits per heavy atom. The zero-order valence-corrected chi connectivity index (χ0v) is 17.9. The fourth-order valence-corrected chi connectivity index (χ4v) is 3.85.